The summed E-state index contributed by atoms with van der Waals surface area (Å²) in [5, 5.41) is 11.4. The highest BCUT2D eigenvalue weighted by atomic mass is 19.1. The second-order valence-electron chi connectivity index (χ2n) is 6.07. The summed E-state index contributed by atoms with van der Waals surface area (Å²) in [6.45, 7) is 1.52. The van der Waals surface area contributed by atoms with Crippen molar-refractivity contribution >= 4 is 11.9 Å². The molecule has 1 unspecified atom stereocenters. The number of hydrogen-bond donors (Lipinski definition) is 2. The average molecular weight is 393 g/mol. The molecule has 0 radical (unpaired) electrons. The van der Waals surface area contributed by atoms with E-state index < -0.39 is 24.2 Å². The molecule has 0 bridgehead atoms. The molecule has 0 aliphatic rings. The Labute approximate surface area is 161 Å². The van der Waals surface area contributed by atoms with Crippen molar-refractivity contribution in [2.24, 2.45) is 0 Å². The van der Waals surface area contributed by atoms with Crippen molar-refractivity contribution in [2.75, 3.05) is 13.2 Å². The first-order chi connectivity index (χ1) is 13.3. The smallest absolute Gasteiger partial charge is 0.341 e. The molecular weight excluding hydrogens is 372 g/mol. The highest BCUT2D eigenvalue weighted by Gasteiger charge is 2.11. The highest BCUT2D eigenvalue weighted by molar-refractivity contribution is 5.76. The maximum atomic E-state index is 13.4. The van der Waals surface area contributed by atoms with E-state index in [0.29, 0.717) is 12.2 Å². The molecule has 1 amide bonds. The summed E-state index contributed by atoms with van der Waals surface area (Å²) in [5.74, 6) is -2.35. The number of carboxylic acid groups (broad SMARTS) is 1. The van der Waals surface area contributed by atoms with Gasteiger partial charge < -0.3 is 19.9 Å². The first-order valence-electron chi connectivity index (χ1n) is 8.67. The number of hydrogen-bond acceptors (Lipinski definition) is 4. The van der Waals surface area contributed by atoms with Gasteiger partial charge in [0.15, 0.2) is 18.2 Å². The fourth-order valence-corrected chi connectivity index (χ4v) is 2.40. The normalized spacial score (nSPS) is 11.5. The van der Waals surface area contributed by atoms with Crippen LogP contribution in [0.4, 0.5) is 8.78 Å². The van der Waals surface area contributed by atoms with Crippen LogP contribution in [0.1, 0.15) is 31.4 Å². The number of carboxylic acids is 1. The lowest BCUT2D eigenvalue weighted by Gasteiger charge is -2.15. The zero-order valence-electron chi connectivity index (χ0n) is 15.3. The molecule has 6 nitrogen and oxygen atoms in total. The number of carbonyl (C=O) groups excluding carboxylic acids is 1. The first kappa shape index (κ1) is 21.1. The van der Waals surface area contributed by atoms with E-state index in [-0.39, 0.29) is 30.7 Å². The molecule has 2 rings (SSSR count). The van der Waals surface area contributed by atoms with Crippen molar-refractivity contribution in [1.29, 1.82) is 0 Å². The molecule has 1 atom stereocenters. The molecular formula is C20H21F2NO5. The van der Waals surface area contributed by atoms with Crippen molar-refractivity contribution in [1.82, 2.24) is 5.32 Å². The van der Waals surface area contributed by atoms with E-state index in [1.165, 1.54) is 6.07 Å². The van der Waals surface area contributed by atoms with Crippen molar-refractivity contribution < 1.29 is 33.0 Å². The van der Waals surface area contributed by atoms with E-state index in [2.05, 4.69) is 5.32 Å². The fraction of sp³-hybridized carbons (Fsp3) is 0.300. The Morgan fingerprint density at radius 1 is 1.11 bits per heavy atom. The zero-order chi connectivity index (χ0) is 20.5. The molecule has 0 saturated carbocycles. The van der Waals surface area contributed by atoms with Gasteiger partial charge in [-0.2, -0.15) is 0 Å². The van der Waals surface area contributed by atoms with Crippen LogP contribution in [0.25, 0.3) is 0 Å². The SMILES string of the molecule is CC(NC(=O)CCCOc1ccc(F)cc1F)c1ccc(OCC(=O)O)cc1. The van der Waals surface area contributed by atoms with E-state index in [1.54, 1.807) is 24.3 Å². The summed E-state index contributed by atoms with van der Waals surface area (Å²) in [6, 6.07) is 9.53. The second kappa shape index (κ2) is 10.2. The molecule has 2 N–H and O–H groups in total. The average Bonchev–Trinajstić information content (AvgIpc) is 2.65. The van der Waals surface area contributed by atoms with Crippen LogP contribution in [-0.4, -0.2) is 30.2 Å². The molecule has 0 spiro atoms. The van der Waals surface area contributed by atoms with Crippen molar-refractivity contribution in [3.05, 3.63) is 59.7 Å². The molecule has 0 aromatic heterocycles. The Balaban J connectivity index is 1.72. The van der Waals surface area contributed by atoms with Gasteiger partial charge in [-0.1, -0.05) is 12.1 Å². The quantitative estimate of drug-likeness (QED) is 0.604. The molecule has 0 heterocycles. The van der Waals surface area contributed by atoms with Gasteiger partial charge in [-0.15, -0.1) is 0 Å². The molecule has 150 valence electrons. The topological polar surface area (TPSA) is 84.9 Å². The number of benzene rings is 2. The number of carbonyl (C=O) groups is 2. The lowest BCUT2D eigenvalue weighted by atomic mass is 10.1. The van der Waals surface area contributed by atoms with Gasteiger partial charge in [-0.05, 0) is 43.2 Å². The molecule has 2 aromatic carbocycles. The van der Waals surface area contributed by atoms with Gasteiger partial charge in [-0.25, -0.2) is 13.6 Å². The van der Waals surface area contributed by atoms with Crippen LogP contribution in [0.15, 0.2) is 42.5 Å². The largest absolute Gasteiger partial charge is 0.491 e. The fourth-order valence-electron chi connectivity index (χ4n) is 2.40. The summed E-state index contributed by atoms with van der Waals surface area (Å²) in [4.78, 5) is 22.5. The van der Waals surface area contributed by atoms with Crippen molar-refractivity contribution in [2.45, 2.75) is 25.8 Å². The number of halogens is 2. The Kier molecular flexibility index (Phi) is 7.74. The van der Waals surface area contributed by atoms with E-state index in [4.69, 9.17) is 14.6 Å². The highest BCUT2D eigenvalue weighted by Crippen LogP contribution is 2.19. The van der Waals surface area contributed by atoms with Crippen LogP contribution >= 0.6 is 0 Å². The van der Waals surface area contributed by atoms with Crippen molar-refractivity contribution in [3.8, 4) is 11.5 Å². The maximum absolute atomic E-state index is 13.4. The predicted octanol–water partition coefficient (Wildman–Crippen LogP) is 3.46. The summed E-state index contributed by atoms with van der Waals surface area (Å²) >= 11 is 0. The monoisotopic (exact) mass is 393 g/mol. The molecule has 28 heavy (non-hydrogen) atoms. The van der Waals surface area contributed by atoms with Gasteiger partial charge in [-0.3, -0.25) is 4.79 Å². The number of amides is 1. The third-order valence-corrected chi connectivity index (χ3v) is 3.82. The van der Waals surface area contributed by atoms with Gasteiger partial charge in [0.05, 0.1) is 12.6 Å². The maximum Gasteiger partial charge on any atom is 0.341 e. The lowest BCUT2D eigenvalue weighted by molar-refractivity contribution is -0.139. The zero-order valence-corrected chi connectivity index (χ0v) is 15.3. The molecule has 2 aromatic rings. The van der Waals surface area contributed by atoms with Gasteiger partial charge in [0.25, 0.3) is 0 Å². The van der Waals surface area contributed by atoms with Crippen LogP contribution < -0.4 is 14.8 Å². The predicted molar refractivity (Wildman–Crippen MR) is 97.2 cm³/mol. The van der Waals surface area contributed by atoms with Gasteiger partial charge >= 0.3 is 5.97 Å². The Morgan fingerprint density at radius 2 is 1.82 bits per heavy atom. The minimum Gasteiger partial charge on any atom is -0.491 e. The molecule has 0 saturated heterocycles. The van der Waals surface area contributed by atoms with E-state index >= 15 is 0 Å². The lowest BCUT2D eigenvalue weighted by Crippen LogP contribution is -2.26. The Bertz CT molecular complexity index is 811. The van der Waals surface area contributed by atoms with E-state index in [9.17, 15) is 18.4 Å². The standard InChI is InChI=1S/C20H21F2NO5/c1-13(14-4-7-16(8-5-14)28-12-20(25)26)23-19(24)3-2-10-27-18-9-6-15(21)11-17(18)22/h4-9,11,13H,2-3,10,12H2,1H3,(H,23,24)(H,25,26). The van der Waals surface area contributed by atoms with E-state index in [0.717, 1.165) is 17.7 Å². The third-order valence-electron chi connectivity index (χ3n) is 3.82. The summed E-state index contributed by atoms with van der Waals surface area (Å²) < 4.78 is 36.5. The summed E-state index contributed by atoms with van der Waals surface area (Å²) in [7, 11) is 0. The Morgan fingerprint density at radius 3 is 2.46 bits per heavy atom. The first-order valence-corrected chi connectivity index (χ1v) is 8.67. The van der Waals surface area contributed by atoms with E-state index in [1.807, 2.05) is 6.92 Å². The number of rotatable bonds is 10. The number of ether oxygens (including phenoxy) is 2. The third kappa shape index (κ3) is 6.86. The van der Waals surface area contributed by atoms with Gasteiger partial charge in [0, 0.05) is 12.5 Å². The van der Waals surface area contributed by atoms with Gasteiger partial charge in [0.2, 0.25) is 5.91 Å². The van der Waals surface area contributed by atoms with Crippen LogP contribution in [0.3, 0.4) is 0 Å². The van der Waals surface area contributed by atoms with Gasteiger partial charge in [0.1, 0.15) is 11.6 Å². The second-order valence-corrected chi connectivity index (χ2v) is 6.07. The molecule has 0 aliphatic heterocycles. The Hall–Kier alpha value is -3.16. The summed E-state index contributed by atoms with van der Waals surface area (Å²) in [6.07, 6.45) is 0.560. The van der Waals surface area contributed by atoms with Crippen LogP contribution in [-0.2, 0) is 9.59 Å². The van der Waals surface area contributed by atoms with Crippen LogP contribution in [0.5, 0.6) is 11.5 Å². The van der Waals surface area contributed by atoms with Crippen LogP contribution in [0, 0.1) is 11.6 Å². The van der Waals surface area contributed by atoms with Crippen LogP contribution in [0.2, 0.25) is 0 Å². The van der Waals surface area contributed by atoms with Crippen molar-refractivity contribution in [3.63, 3.8) is 0 Å². The summed E-state index contributed by atoms with van der Waals surface area (Å²) in [5.41, 5.74) is 0.834. The molecule has 0 fully saturated rings. The number of aliphatic carboxylic acids is 1. The number of nitrogens with one attached hydrogen (secondary N) is 1. The molecule has 8 heteroatoms. The minimum absolute atomic E-state index is 0.0552. The molecule has 0 aliphatic carbocycles. The minimum atomic E-state index is -1.06.